The first-order valence-electron chi connectivity index (χ1n) is 6.33. The van der Waals surface area contributed by atoms with Crippen LogP contribution in [0.25, 0.3) is 0 Å². The molecule has 1 heterocycles. The van der Waals surface area contributed by atoms with Gasteiger partial charge < -0.3 is 5.73 Å². The fourth-order valence-electron chi connectivity index (χ4n) is 1.94. The van der Waals surface area contributed by atoms with Crippen molar-refractivity contribution in [1.29, 1.82) is 0 Å². The molecule has 0 aliphatic heterocycles. The topological polar surface area (TPSA) is 81.2 Å². The van der Waals surface area contributed by atoms with E-state index in [1.165, 1.54) is 21.3 Å². The number of hydrogen-bond acceptors (Lipinski definition) is 4. The zero-order chi connectivity index (χ0) is 14.6. The lowest BCUT2D eigenvalue weighted by Gasteiger charge is -2.24. The van der Waals surface area contributed by atoms with Crippen molar-refractivity contribution in [2.45, 2.75) is 11.4 Å². The Morgan fingerprint density at radius 2 is 1.95 bits per heavy atom. The fraction of sp³-hybridized carbons (Fsp3) is 0.308. The Balaban J connectivity index is 2.44. The average molecular weight is 294 g/mol. The molecule has 20 heavy (non-hydrogen) atoms. The highest BCUT2D eigenvalue weighted by Gasteiger charge is 2.27. The third-order valence-corrected chi connectivity index (χ3v) is 4.84. The zero-order valence-electron chi connectivity index (χ0n) is 11.3. The van der Waals surface area contributed by atoms with Crippen LogP contribution in [0.5, 0.6) is 0 Å². The van der Waals surface area contributed by atoms with Crippen molar-refractivity contribution in [2.75, 3.05) is 17.4 Å². The highest BCUT2D eigenvalue weighted by molar-refractivity contribution is 7.92. The summed E-state index contributed by atoms with van der Waals surface area (Å²) >= 11 is 0. The largest absolute Gasteiger partial charge is 0.330 e. The SMILES string of the molecule is Cn1nccc1S(=O)(=O)N(CCCN)c1ccccc1. The maximum atomic E-state index is 12.7. The van der Waals surface area contributed by atoms with Crippen molar-refractivity contribution in [3.63, 3.8) is 0 Å². The summed E-state index contributed by atoms with van der Waals surface area (Å²) < 4.78 is 28.2. The van der Waals surface area contributed by atoms with Crippen molar-refractivity contribution in [3.8, 4) is 0 Å². The molecule has 0 aliphatic carbocycles. The van der Waals surface area contributed by atoms with E-state index in [1.54, 1.807) is 19.2 Å². The number of anilines is 1. The molecule has 0 bridgehead atoms. The number of rotatable bonds is 6. The van der Waals surface area contributed by atoms with Gasteiger partial charge in [0.25, 0.3) is 10.0 Å². The van der Waals surface area contributed by atoms with E-state index in [4.69, 9.17) is 5.73 Å². The second-order valence-electron chi connectivity index (χ2n) is 4.35. The van der Waals surface area contributed by atoms with E-state index < -0.39 is 10.0 Å². The molecule has 2 N–H and O–H groups in total. The van der Waals surface area contributed by atoms with Crippen molar-refractivity contribution in [1.82, 2.24) is 9.78 Å². The van der Waals surface area contributed by atoms with Gasteiger partial charge in [0.1, 0.15) is 0 Å². The van der Waals surface area contributed by atoms with Crippen LogP contribution in [0.3, 0.4) is 0 Å². The van der Waals surface area contributed by atoms with Gasteiger partial charge in [0.15, 0.2) is 5.03 Å². The molecule has 0 aliphatic rings. The summed E-state index contributed by atoms with van der Waals surface area (Å²) in [6, 6.07) is 10.5. The van der Waals surface area contributed by atoms with Crippen LogP contribution < -0.4 is 10.0 Å². The lowest BCUT2D eigenvalue weighted by atomic mass is 10.3. The first-order chi connectivity index (χ1) is 9.57. The smallest absolute Gasteiger partial charge is 0.281 e. The van der Waals surface area contributed by atoms with Gasteiger partial charge in [0, 0.05) is 13.6 Å². The molecule has 6 nitrogen and oxygen atoms in total. The van der Waals surface area contributed by atoms with Gasteiger partial charge in [-0.25, -0.2) is 0 Å². The lowest BCUT2D eigenvalue weighted by molar-refractivity contribution is 0.571. The first-order valence-corrected chi connectivity index (χ1v) is 7.77. The number of sulfonamides is 1. The van der Waals surface area contributed by atoms with Gasteiger partial charge in [-0.2, -0.15) is 13.5 Å². The first kappa shape index (κ1) is 14.5. The van der Waals surface area contributed by atoms with Crippen LogP contribution in [0.2, 0.25) is 0 Å². The summed E-state index contributed by atoms with van der Waals surface area (Å²) in [5, 5.41) is 4.09. The van der Waals surface area contributed by atoms with E-state index in [-0.39, 0.29) is 5.03 Å². The quantitative estimate of drug-likeness (QED) is 0.860. The minimum absolute atomic E-state index is 0.165. The lowest BCUT2D eigenvalue weighted by Crippen LogP contribution is -2.34. The van der Waals surface area contributed by atoms with Crippen molar-refractivity contribution in [2.24, 2.45) is 12.8 Å². The molecule has 0 amide bonds. The molecule has 0 atom stereocenters. The predicted molar refractivity (Wildman–Crippen MR) is 77.9 cm³/mol. The number of aryl methyl sites for hydroxylation is 1. The van der Waals surface area contributed by atoms with Crippen LogP contribution in [0.4, 0.5) is 5.69 Å². The second kappa shape index (κ2) is 6.06. The molecule has 0 radical (unpaired) electrons. The van der Waals surface area contributed by atoms with Crippen LogP contribution in [0, 0.1) is 0 Å². The van der Waals surface area contributed by atoms with Crippen LogP contribution in [0.1, 0.15) is 6.42 Å². The van der Waals surface area contributed by atoms with E-state index in [2.05, 4.69) is 5.10 Å². The average Bonchev–Trinajstić information content (AvgIpc) is 2.87. The summed E-state index contributed by atoms with van der Waals surface area (Å²) in [6.45, 7) is 0.776. The highest BCUT2D eigenvalue weighted by atomic mass is 32.2. The van der Waals surface area contributed by atoms with Gasteiger partial charge in [0.2, 0.25) is 0 Å². The minimum atomic E-state index is -3.64. The Morgan fingerprint density at radius 3 is 2.50 bits per heavy atom. The highest BCUT2D eigenvalue weighted by Crippen LogP contribution is 2.23. The maximum absolute atomic E-state index is 12.7. The Morgan fingerprint density at radius 1 is 1.25 bits per heavy atom. The maximum Gasteiger partial charge on any atom is 0.281 e. The third kappa shape index (κ3) is 2.83. The number of para-hydroxylation sites is 1. The summed E-state index contributed by atoms with van der Waals surface area (Å²) in [6.07, 6.45) is 2.06. The number of hydrogen-bond donors (Lipinski definition) is 1. The Labute approximate surface area is 118 Å². The van der Waals surface area contributed by atoms with Gasteiger partial charge in [-0.1, -0.05) is 18.2 Å². The van der Waals surface area contributed by atoms with Crippen LogP contribution >= 0.6 is 0 Å². The van der Waals surface area contributed by atoms with Gasteiger partial charge in [-0.3, -0.25) is 8.99 Å². The minimum Gasteiger partial charge on any atom is -0.330 e. The molecule has 0 unspecified atom stereocenters. The molecule has 7 heteroatoms. The summed E-state index contributed by atoms with van der Waals surface area (Å²) in [5.41, 5.74) is 6.13. The predicted octanol–water partition coefficient (Wildman–Crippen LogP) is 0.964. The van der Waals surface area contributed by atoms with E-state index in [1.807, 2.05) is 18.2 Å². The fourth-order valence-corrected chi connectivity index (χ4v) is 3.55. The van der Waals surface area contributed by atoms with Crippen molar-refractivity contribution >= 4 is 15.7 Å². The van der Waals surface area contributed by atoms with Crippen LogP contribution in [0.15, 0.2) is 47.6 Å². The molecule has 0 spiro atoms. The summed E-state index contributed by atoms with van der Waals surface area (Å²) in [7, 11) is -2.03. The number of nitrogens with two attached hydrogens (primary N) is 1. The number of aromatic nitrogens is 2. The number of benzene rings is 1. The monoisotopic (exact) mass is 294 g/mol. The molecular formula is C13H18N4O2S. The molecule has 108 valence electrons. The Kier molecular flexibility index (Phi) is 4.41. The summed E-state index contributed by atoms with van der Waals surface area (Å²) in [4.78, 5) is 0. The van der Waals surface area contributed by atoms with E-state index in [9.17, 15) is 8.42 Å². The zero-order valence-corrected chi connectivity index (χ0v) is 12.1. The van der Waals surface area contributed by atoms with Crippen LogP contribution in [-0.2, 0) is 17.1 Å². The number of nitrogens with zero attached hydrogens (tertiary/aromatic N) is 3. The summed E-state index contributed by atoms with van der Waals surface area (Å²) in [5.74, 6) is 0. The van der Waals surface area contributed by atoms with Gasteiger partial charge in [0.05, 0.1) is 11.9 Å². The van der Waals surface area contributed by atoms with Crippen LogP contribution in [-0.4, -0.2) is 31.3 Å². The van der Waals surface area contributed by atoms with Crippen molar-refractivity contribution < 1.29 is 8.42 Å². The van der Waals surface area contributed by atoms with E-state index in [0.717, 1.165) is 0 Å². The van der Waals surface area contributed by atoms with Crippen molar-refractivity contribution in [3.05, 3.63) is 42.6 Å². The van der Waals surface area contributed by atoms with E-state index >= 15 is 0 Å². The molecule has 0 saturated heterocycles. The Hall–Kier alpha value is -1.86. The molecule has 0 fully saturated rings. The standard InChI is InChI=1S/C13H18N4O2S/c1-16-13(8-10-15-16)20(18,19)17(11-5-9-14)12-6-3-2-4-7-12/h2-4,6-8,10H,5,9,11,14H2,1H3. The molecule has 0 saturated carbocycles. The van der Waals surface area contributed by atoms with Gasteiger partial charge >= 0.3 is 0 Å². The molecule has 2 rings (SSSR count). The van der Waals surface area contributed by atoms with Gasteiger partial charge in [-0.15, -0.1) is 0 Å². The molecule has 1 aromatic carbocycles. The third-order valence-electron chi connectivity index (χ3n) is 2.94. The van der Waals surface area contributed by atoms with Gasteiger partial charge in [-0.05, 0) is 31.2 Å². The normalized spacial score (nSPS) is 11.5. The molecule has 1 aromatic heterocycles. The van der Waals surface area contributed by atoms with E-state index in [0.29, 0.717) is 25.2 Å². The Bertz CT molecular complexity index is 652. The molecular weight excluding hydrogens is 276 g/mol. The molecule has 2 aromatic rings. The second-order valence-corrected chi connectivity index (χ2v) is 6.16.